The highest BCUT2D eigenvalue weighted by Gasteiger charge is 2.42. The number of carbonyl (C=O) groups is 1. The molecule has 1 aromatic carbocycles. The third-order valence-electron chi connectivity index (χ3n) is 3.82. The summed E-state index contributed by atoms with van der Waals surface area (Å²) < 4.78 is 16.1. The molecule has 0 aliphatic carbocycles. The molecule has 0 radical (unpaired) electrons. The number of para-hydroxylation sites is 1. The SMILES string of the molecule is COCCCOCCC1(C(=O)O)COc2ccccc2C1. The van der Waals surface area contributed by atoms with Gasteiger partial charge in [0.15, 0.2) is 0 Å². The maximum atomic E-state index is 11.7. The van der Waals surface area contributed by atoms with Crippen LogP contribution in [-0.2, 0) is 20.7 Å². The molecule has 0 amide bonds. The molecule has 0 fully saturated rings. The molecule has 21 heavy (non-hydrogen) atoms. The second-order valence-corrected chi connectivity index (χ2v) is 5.37. The van der Waals surface area contributed by atoms with Gasteiger partial charge in [-0.3, -0.25) is 4.79 Å². The van der Waals surface area contributed by atoms with Crippen LogP contribution in [0.5, 0.6) is 5.75 Å². The van der Waals surface area contributed by atoms with E-state index in [0.717, 1.165) is 17.7 Å². The monoisotopic (exact) mass is 294 g/mol. The van der Waals surface area contributed by atoms with Gasteiger partial charge in [-0.1, -0.05) is 18.2 Å². The normalized spacial score (nSPS) is 20.6. The molecule has 0 spiro atoms. The molecule has 5 nitrogen and oxygen atoms in total. The van der Waals surface area contributed by atoms with Gasteiger partial charge in [-0.2, -0.15) is 0 Å². The Morgan fingerprint density at radius 1 is 1.33 bits per heavy atom. The molecule has 1 heterocycles. The van der Waals surface area contributed by atoms with E-state index in [1.165, 1.54) is 0 Å². The van der Waals surface area contributed by atoms with Crippen molar-refractivity contribution in [1.82, 2.24) is 0 Å². The maximum Gasteiger partial charge on any atom is 0.313 e. The number of fused-ring (bicyclic) bond motifs is 1. The fourth-order valence-corrected chi connectivity index (χ4v) is 2.50. The van der Waals surface area contributed by atoms with E-state index in [1.807, 2.05) is 24.3 Å². The maximum absolute atomic E-state index is 11.7. The van der Waals surface area contributed by atoms with Crippen LogP contribution in [0.4, 0.5) is 0 Å². The summed E-state index contributed by atoms with van der Waals surface area (Å²) in [6.07, 6.45) is 1.75. The van der Waals surface area contributed by atoms with E-state index in [2.05, 4.69) is 0 Å². The number of aliphatic carboxylic acids is 1. The van der Waals surface area contributed by atoms with E-state index in [9.17, 15) is 9.90 Å². The van der Waals surface area contributed by atoms with Crippen LogP contribution in [0.25, 0.3) is 0 Å². The fourth-order valence-electron chi connectivity index (χ4n) is 2.50. The van der Waals surface area contributed by atoms with Crippen LogP contribution in [-0.4, -0.2) is 44.6 Å². The summed E-state index contributed by atoms with van der Waals surface area (Å²) in [6.45, 7) is 1.85. The first-order valence-corrected chi connectivity index (χ1v) is 7.19. The summed E-state index contributed by atoms with van der Waals surface area (Å²) in [7, 11) is 1.65. The minimum atomic E-state index is -0.893. The van der Waals surface area contributed by atoms with Gasteiger partial charge >= 0.3 is 5.97 Å². The Balaban J connectivity index is 1.92. The van der Waals surface area contributed by atoms with Crippen LogP contribution in [0.15, 0.2) is 24.3 Å². The number of hydrogen-bond donors (Lipinski definition) is 1. The van der Waals surface area contributed by atoms with Crippen LogP contribution in [0.3, 0.4) is 0 Å². The Morgan fingerprint density at radius 2 is 2.14 bits per heavy atom. The Kier molecular flexibility index (Phi) is 5.59. The standard InChI is InChI=1S/C16H22O5/c1-19-8-4-9-20-10-7-16(15(17)18)11-13-5-2-3-6-14(13)21-12-16/h2-3,5-6H,4,7-12H2,1H3,(H,17,18). The predicted molar refractivity (Wildman–Crippen MR) is 77.6 cm³/mol. The van der Waals surface area contributed by atoms with Crippen LogP contribution in [0, 0.1) is 5.41 Å². The lowest BCUT2D eigenvalue weighted by Gasteiger charge is -2.34. The van der Waals surface area contributed by atoms with Crippen molar-refractivity contribution in [1.29, 1.82) is 0 Å². The predicted octanol–water partition coefficient (Wildman–Crippen LogP) is 2.14. The quantitative estimate of drug-likeness (QED) is 0.744. The van der Waals surface area contributed by atoms with Crippen LogP contribution < -0.4 is 4.74 Å². The molecule has 1 aliphatic heterocycles. The first-order chi connectivity index (χ1) is 10.2. The smallest absolute Gasteiger partial charge is 0.313 e. The molecular formula is C16H22O5. The lowest BCUT2D eigenvalue weighted by molar-refractivity contribution is -0.153. The highest BCUT2D eigenvalue weighted by molar-refractivity contribution is 5.76. The van der Waals surface area contributed by atoms with E-state index in [0.29, 0.717) is 32.7 Å². The third kappa shape index (κ3) is 3.95. The average molecular weight is 294 g/mol. The Morgan fingerprint density at radius 3 is 2.90 bits per heavy atom. The summed E-state index contributed by atoms with van der Waals surface area (Å²) in [5.41, 5.74) is 0.0563. The van der Waals surface area contributed by atoms with Gasteiger partial charge in [0.25, 0.3) is 0 Å². The summed E-state index contributed by atoms with van der Waals surface area (Å²) in [6, 6.07) is 7.60. The minimum Gasteiger partial charge on any atom is -0.492 e. The molecule has 0 bridgehead atoms. The lowest BCUT2D eigenvalue weighted by atomic mass is 9.78. The van der Waals surface area contributed by atoms with Gasteiger partial charge in [-0.15, -0.1) is 0 Å². The summed E-state index contributed by atoms with van der Waals surface area (Å²) in [5.74, 6) is -0.0344. The van der Waals surface area contributed by atoms with Crippen molar-refractivity contribution in [2.24, 2.45) is 5.41 Å². The second kappa shape index (κ2) is 7.43. The molecule has 2 rings (SSSR count). The van der Waals surface area contributed by atoms with Gasteiger partial charge in [0, 0.05) is 26.9 Å². The zero-order valence-corrected chi connectivity index (χ0v) is 12.3. The molecule has 1 N–H and O–H groups in total. The van der Waals surface area contributed by atoms with Crippen molar-refractivity contribution in [3.8, 4) is 5.75 Å². The van der Waals surface area contributed by atoms with Crippen LogP contribution in [0.1, 0.15) is 18.4 Å². The molecule has 1 aliphatic rings. The van der Waals surface area contributed by atoms with Gasteiger partial charge in [-0.05, 0) is 30.9 Å². The summed E-state index contributed by atoms with van der Waals surface area (Å²) in [4.78, 5) is 11.7. The molecule has 5 heteroatoms. The van der Waals surface area contributed by atoms with E-state index in [-0.39, 0.29) is 6.61 Å². The van der Waals surface area contributed by atoms with Crippen molar-refractivity contribution >= 4 is 5.97 Å². The van der Waals surface area contributed by atoms with Gasteiger partial charge in [0.05, 0.1) is 0 Å². The second-order valence-electron chi connectivity index (χ2n) is 5.37. The zero-order valence-electron chi connectivity index (χ0n) is 12.3. The largest absolute Gasteiger partial charge is 0.492 e. The van der Waals surface area contributed by atoms with Gasteiger partial charge in [0.2, 0.25) is 0 Å². The van der Waals surface area contributed by atoms with Crippen molar-refractivity contribution in [3.05, 3.63) is 29.8 Å². The van der Waals surface area contributed by atoms with Crippen molar-refractivity contribution in [3.63, 3.8) is 0 Å². The fraction of sp³-hybridized carbons (Fsp3) is 0.562. The number of carboxylic acids is 1. The first-order valence-electron chi connectivity index (χ1n) is 7.19. The third-order valence-corrected chi connectivity index (χ3v) is 3.82. The number of ether oxygens (including phenoxy) is 3. The molecule has 1 aromatic rings. The number of carboxylic acid groups (broad SMARTS) is 1. The average Bonchev–Trinajstić information content (AvgIpc) is 2.50. The molecule has 0 saturated carbocycles. The van der Waals surface area contributed by atoms with Crippen molar-refractivity contribution < 1.29 is 24.1 Å². The summed E-state index contributed by atoms with van der Waals surface area (Å²) in [5, 5.41) is 9.60. The highest BCUT2D eigenvalue weighted by Crippen LogP contribution is 2.37. The van der Waals surface area contributed by atoms with Gasteiger partial charge in [0.1, 0.15) is 17.8 Å². The Bertz CT molecular complexity index is 473. The number of hydrogen-bond acceptors (Lipinski definition) is 4. The van der Waals surface area contributed by atoms with E-state index < -0.39 is 11.4 Å². The van der Waals surface area contributed by atoms with Crippen LogP contribution in [0.2, 0.25) is 0 Å². The molecule has 1 atom stereocenters. The van der Waals surface area contributed by atoms with E-state index in [4.69, 9.17) is 14.2 Å². The van der Waals surface area contributed by atoms with Gasteiger partial charge < -0.3 is 19.3 Å². The molecular weight excluding hydrogens is 272 g/mol. The highest BCUT2D eigenvalue weighted by atomic mass is 16.5. The lowest BCUT2D eigenvalue weighted by Crippen LogP contribution is -2.42. The topological polar surface area (TPSA) is 65.0 Å². The first kappa shape index (κ1) is 15.8. The molecule has 0 aromatic heterocycles. The van der Waals surface area contributed by atoms with Crippen molar-refractivity contribution in [2.45, 2.75) is 19.3 Å². The molecule has 116 valence electrons. The number of benzene rings is 1. The Hall–Kier alpha value is -1.59. The number of methoxy groups -OCH3 is 1. The van der Waals surface area contributed by atoms with E-state index >= 15 is 0 Å². The van der Waals surface area contributed by atoms with Crippen LogP contribution >= 0.6 is 0 Å². The van der Waals surface area contributed by atoms with Gasteiger partial charge in [-0.25, -0.2) is 0 Å². The van der Waals surface area contributed by atoms with E-state index in [1.54, 1.807) is 7.11 Å². The Labute approximate surface area is 124 Å². The van der Waals surface area contributed by atoms with Crippen molar-refractivity contribution in [2.75, 3.05) is 33.5 Å². The number of rotatable bonds is 8. The molecule has 0 saturated heterocycles. The zero-order chi connectivity index (χ0) is 15.1. The summed E-state index contributed by atoms with van der Waals surface area (Å²) >= 11 is 0. The minimum absolute atomic E-state index is 0.195. The molecule has 1 unspecified atom stereocenters.